The van der Waals surface area contributed by atoms with Crippen LogP contribution in [-0.2, 0) is 10.0 Å². The quantitative estimate of drug-likeness (QED) is 0.433. The minimum atomic E-state index is -3.47. The van der Waals surface area contributed by atoms with E-state index in [9.17, 15) is 13.2 Å². The van der Waals surface area contributed by atoms with Crippen LogP contribution < -0.4 is 10.1 Å². The molecule has 0 radical (unpaired) electrons. The van der Waals surface area contributed by atoms with Crippen LogP contribution in [0.25, 0.3) is 0 Å². The van der Waals surface area contributed by atoms with E-state index < -0.39 is 10.0 Å². The second-order valence-electron chi connectivity index (χ2n) is 7.64. The normalized spacial score (nSPS) is 14.5. The summed E-state index contributed by atoms with van der Waals surface area (Å²) < 4.78 is 33.4. The van der Waals surface area contributed by atoms with Gasteiger partial charge < -0.3 is 10.1 Å². The first kappa shape index (κ1) is 23.8. The number of sulfonamides is 1. The monoisotopic (exact) mass is 508 g/mol. The number of halogens is 1. The molecule has 1 saturated heterocycles. The van der Waals surface area contributed by atoms with Crippen molar-refractivity contribution in [2.45, 2.75) is 50.3 Å². The Labute approximate surface area is 193 Å². The zero-order chi connectivity index (χ0) is 22.3. The number of rotatable bonds is 10. The maximum atomic E-state index is 12.9. The molecule has 1 N–H and O–H groups in total. The molecule has 0 spiro atoms. The average Bonchev–Trinajstić information content (AvgIpc) is 3.31. The molecule has 1 amide bonds. The highest BCUT2D eigenvalue weighted by Gasteiger charge is 2.27. The third-order valence-electron chi connectivity index (χ3n) is 5.26. The lowest BCUT2D eigenvalue weighted by Gasteiger charge is -2.16. The molecule has 0 atom stereocenters. The predicted octanol–water partition coefficient (Wildman–Crippen LogP) is 5.45. The number of hydrogen-bond acceptors (Lipinski definition) is 4. The number of anilines is 1. The summed E-state index contributed by atoms with van der Waals surface area (Å²) in [7, 11) is -3.47. The molecule has 2 aromatic rings. The van der Waals surface area contributed by atoms with E-state index in [4.69, 9.17) is 4.74 Å². The summed E-state index contributed by atoms with van der Waals surface area (Å²) >= 11 is 3.41. The number of nitrogens with zero attached hydrogens (tertiary/aromatic N) is 1. The van der Waals surface area contributed by atoms with E-state index in [1.165, 1.54) is 22.9 Å². The largest absolute Gasteiger partial charge is 0.493 e. The van der Waals surface area contributed by atoms with Crippen molar-refractivity contribution in [2.24, 2.45) is 0 Å². The van der Waals surface area contributed by atoms with Gasteiger partial charge in [0.1, 0.15) is 5.75 Å². The third-order valence-corrected chi connectivity index (χ3v) is 7.66. The Morgan fingerprint density at radius 3 is 2.45 bits per heavy atom. The summed E-state index contributed by atoms with van der Waals surface area (Å²) in [4.78, 5) is 13.1. The fraction of sp³-hybridized carbons (Fsp3) is 0.435. The second kappa shape index (κ2) is 11.1. The lowest BCUT2D eigenvalue weighted by atomic mass is 10.1. The fourth-order valence-corrected chi connectivity index (χ4v) is 5.38. The van der Waals surface area contributed by atoms with Gasteiger partial charge in [-0.15, -0.1) is 0 Å². The first-order chi connectivity index (χ1) is 14.9. The Morgan fingerprint density at radius 2 is 1.77 bits per heavy atom. The van der Waals surface area contributed by atoms with Crippen molar-refractivity contribution in [3.05, 3.63) is 52.5 Å². The molecule has 0 bridgehead atoms. The minimum Gasteiger partial charge on any atom is -0.493 e. The Kier molecular flexibility index (Phi) is 8.51. The molecule has 1 fully saturated rings. The van der Waals surface area contributed by atoms with Crippen LogP contribution in [0.1, 0.15) is 55.8 Å². The lowest BCUT2D eigenvalue weighted by molar-refractivity contribution is 0.102. The molecule has 0 saturated carbocycles. The number of ether oxygens (including phenoxy) is 1. The zero-order valence-corrected chi connectivity index (χ0v) is 20.2. The van der Waals surface area contributed by atoms with Crippen molar-refractivity contribution >= 4 is 37.5 Å². The maximum absolute atomic E-state index is 12.9. The molecule has 31 heavy (non-hydrogen) atoms. The molecule has 2 aromatic carbocycles. The third kappa shape index (κ3) is 6.30. The first-order valence-electron chi connectivity index (χ1n) is 10.8. The van der Waals surface area contributed by atoms with Crippen LogP contribution in [0.2, 0.25) is 0 Å². The Hall–Kier alpha value is -1.90. The number of carbonyl (C=O) groups is 1. The van der Waals surface area contributed by atoms with E-state index in [2.05, 4.69) is 28.2 Å². The minimum absolute atomic E-state index is 0.242. The maximum Gasteiger partial charge on any atom is 0.259 e. The van der Waals surface area contributed by atoms with Crippen molar-refractivity contribution < 1.29 is 17.9 Å². The molecule has 8 heteroatoms. The van der Waals surface area contributed by atoms with Crippen LogP contribution in [0.3, 0.4) is 0 Å². The first-order valence-corrected chi connectivity index (χ1v) is 13.0. The molecule has 6 nitrogen and oxygen atoms in total. The molecule has 0 unspecified atom stereocenters. The van der Waals surface area contributed by atoms with Gasteiger partial charge in [-0.1, -0.05) is 42.1 Å². The van der Waals surface area contributed by atoms with Gasteiger partial charge in [0, 0.05) is 23.2 Å². The summed E-state index contributed by atoms with van der Waals surface area (Å²) in [5, 5.41) is 2.84. The zero-order valence-electron chi connectivity index (χ0n) is 17.8. The van der Waals surface area contributed by atoms with Gasteiger partial charge in [-0.2, -0.15) is 4.31 Å². The van der Waals surface area contributed by atoms with Gasteiger partial charge >= 0.3 is 0 Å². The molecule has 0 aromatic heterocycles. The smallest absolute Gasteiger partial charge is 0.259 e. The van der Waals surface area contributed by atoms with Gasteiger partial charge in [0.05, 0.1) is 17.1 Å². The van der Waals surface area contributed by atoms with Crippen molar-refractivity contribution in [3.63, 3.8) is 0 Å². The summed E-state index contributed by atoms with van der Waals surface area (Å²) in [6.45, 7) is 3.84. The number of unbranched alkanes of at least 4 members (excludes halogenated alkanes) is 3. The van der Waals surface area contributed by atoms with Crippen LogP contribution in [0.4, 0.5) is 5.69 Å². The van der Waals surface area contributed by atoms with Crippen molar-refractivity contribution in [3.8, 4) is 5.75 Å². The summed E-state index contributed by atoms with van der Waals surface area (Å²) in [6.07, 6.45) is 6.15. The molecule has 1 aliphatic rings. The number of amides is 1. The van der Waals surface area contributed by atoms with Crippen LogP contribution in [0.5, 0.6) is 5.75 Å². The summed E-state index contributed by atoms with van der Waals surface area (Å²) in [6, 6.07) is 11.7. The number of nitrogens with one attached hydrogen (secondary N) is 1. The van der Waals surface area contributed by atoms with E-state index in [-0.39, 0.29) is 10.8 Å². The van der Waals surface area contributed by atoms with Crippen molar-refractivity contribution in [1.29, 1.82) is 0 Å². The fourth-order valence-electron chi connectivity index (χ4n) is 3.50. The molecule has 3 rings (SSSR count). The molecular weight excluding hydrogens is 480 g/mol. The van der Waals surface area contributed by atoms with E-state index in [1.54, 1.807) is 24.3 Å². The second-order valence-corrected chi connectivity index (χ2v) is 10.5. The van der Waals surface area contributed by atoms with Gasteiger partial charge in [0.2, 0.25) is 10.0 Å². The molecule has 168 valence electrons. The van der Waals surface area contributed by atoms with E-state index in [0.29, 0.717) is 36.7 Å². The van der Waals surface area contributed by atoms with Crippen molar-refractivity contribution in [1.82, 2.24) is 4.31 Å². The van der Waals surface area contributed by atoms with E-state index >= 15 is 0 Å². The Bertz CT molecular complexity index is 987. The molecular formula is C23H29BrN2O4S. The highest BCUT2D eigenvalue weighted by Crippen LogP contribution is 2.26. The van der Waals surface area contributed by atoms with Crippen LogP contribution >= 0.6 is 15.9 Å². The molecule has 0 aliphatic carbocycles. The highest BCUT2D eigenvalue weighted by molar-refractivity contribution is 9.10. The highest BCUT2D eigenvalue weighted by atomic mass is 79.9. The number of carbonyl (C=O) groups excluding carboxylic acids is 1. The van der Waals surface area contributed by atoms with Crippen molar-refractivity contribution in [2.75, 3.05) is 25.0 Å². The average molecular weight is 509 g/mol. The van der Waals surface area contributed by atoms with Crippen LogP contribution in [0.15, 0.2) is 51.8 Å². The van der Waals surface area contributed by atoms with Gasteiger partial charge in [0.25, 0.3) is 5.91 Å². The van der Waals surface area contributed by atoms with E-state index in [1.807, 2.05) is 6.07 Å². The summed E-state index contributed by atoms with van der Waals surface area (Å²) in [5.74, 6) is 0.227. The van der Waals surface area contributed by atoms with Gasteiger partial charge in [-0.25, -0.2) is 8.42 Å². The Balaban J connectivity index is 1.67. The number of benzene rings is 2. The van der Waals surface area contributed by atoms with E-state index in [0.717, 1.165) is 36.6 Å². The van der Waals surface area contributed by atoms with Gasteiger partial charge in [0.15, 0.2) is 0 Å². The standard InChI is InChI=1S/C23H29BrN2O4S/c1-2-3-4-7-16-30-22-13-8-18(24)17-21(22)23(27)25-19-9-11-20(12-10-19)31(28,29)26-14-5-6-15-26/h8-13,17H,2-7,14-16H2,1H3,(H,25,27). The van der Waals surface area contributed by atoms with Gasteiger partial charge in [-0.3, -0.25) is 4.79 Å². The topological polar surface area (TPSA) is 75.7 Å². The SMILES string of the molecule is CCCCCCOc1ccc(Br)cc1C(=O)Nc1ccc(S(=O)(=O)N2CCCC2)cc1. The Morgan fingerprint density at radius 1 is 1.06 bits per heavy atom. The number of hydrogen-bond donors (Lipinski definition) is 1. The lowest BCUT2D eigenvalue weighted by Crippen LogP contribution is -2.27. The molecule has 1 heterocycles. The van der Waals surface area contributed by atoms with Crippen LogP contribution in [-0.4, -0.2) is 38.3 Å². The van der Waals surface area contributed by atoms with Gasteiger partial charge in [-0.05, 0) is 61.7 Å². The van der Waals surface area contributed by atoms with Crippen LogP contribution in [0, 0.1) is 0 Å². The predicted molar refractivity (Wildman–Crippen MR) is 126 cm³/mol. The summed E-state index contributed by atoms with van der Waals surface area (Å²) in [5.41, 5.74) is 0.956. The molecule has 1 aliphatic heterocycles.